The molecule has 0 unspecified atom stereocenters. The first kappa shape index (κ1) is 18.2. The summed E-state index contributed by atoms with van der Waals surface area (Å²) in [4.78, 5) is 12.2. The number of rotatable bonds is 6. The number of benzene rings is 1. The molecule has 0 saturated carbocycles. The quantitative estimate of drug-likeness (QED) is 0.849. The first-order valence-electron chi connectivity index (χ1n) is 7.94. The van der Waals surface area contributed by atoms with E-state index in [2.05, 4.69) is 5.32 Å². The van der Waals surface area contributed by atoms with Crippen LogP contribution in [0.3, 0.4) is 0 Å². The normalized spacial score (nSPS) is 19.5. The van der Waals surface area contributed by atoms with Crippen LogP contribution >= 0.6 is 11.6 Å². The van der Waals surface area contributed by atoms with Crippen molar-refractivity contribution >= 4 is 27.5 Å². The van der Waals surface area contributed by atoms with Crippen molar-refractivity contribution in [3.8, 4) is 0 Å². The van der Waals surface area contributed by atoms with E-state index in [0.29, 0.717) is 36.6 Å². The minimum atomic E-state index is -3.16. The number of piperidine rings is 1. The molecule has 1 aliphatic rings. The van der Waals surface area contributed by atoms with E-state index in [1.807, 2.05) is 6.92 Å². The maximum Gasteiger partial charge on any atom is 0.252 e. The number of amides is 1. The minimum Gasteiger partial charge on any atom is -0.352 e. The molecule has 1 heterocycles. The number of hydrogen-bond donors (Lipinski definition) is 1. The van der Waals surface area contributed by atoms with Gasteiger partial charge in [0.2, 0.25) is 10.0 Å². The van der Waals surface area contributed by atoms with Gasteiger partial charge in [0, 0.05) is 19.6 Å². The molecule has 5 nitrogen and oxygen atoms in total. The minimum absolute atomic E-state index is 0.141. The van der Waals surface area contributed by atoms with Crippen LogP contribution in [0.5, 0.6) is 0 Å². The van der Waals surface area contributed by atoms with Gasteiger partial charge < -0.3 is 5.32 Å². The number of carbonyl (C=O) groups excluding carboxylic acids is 1. The molecular formula is C16H23ClN2O3S. The molecule has 0 bridgehead atoms. The molecular weight excluding hydrogens is 336 g/mol. The molecule has 1 aromatic carbocycles. The summed E-state index contributed by atoms with van der Waals surface area (Å²) in [7, 11) is -3.16. The van der Waals surface area contributed by atoms with Crippen LogP contribution < -0.4 is 5.32 Å². The highest BCUT2D eigenvalue weighted by Crippen LogP contribution is 2.20. The highest BCUT2D eigenvalue weighted by molar-refractivity contribution is 7.89. The SMILES string of the molecule is CCCS(=O)(=O)N1CCC[C@@H](CNC(=O)c2ccccc2Cl)C1. The van der Waals surface area contributed by atoms with Gasteiger partial charge in [0.1, 0.15) is 0 Å². The van der Waals surface area contributed by atoms with E-state index >= 15 is 0 Å². The molecule has 0 radical (unpaired) electrons. The van der Waals surface area contributed by atoms with E-state index in [9.17, 15) is 13.2 Å². The Labute approximate surface area is 143 Å². The van der Waals surface area contributed by atoms with Gasteiger partial charge in [-0.05, 0) is 37.3 Å². The van der Waals surface area contributed by atoms with Gasteiger partial charge in [0.05, 0.1) is 16.3 Å². The number of hydrogen-bond acceptors (Lipinski definition) is 3. The Hall–Kier alpha value is -1.11. The Morgan fingerprint density at radius 3 is 2.83 bits per heavy atom. The molecule has 128 valence electrons. The molecule has 0 aliphatic carbocycles. The molecule has 1 saturated heterocycles. The maximum absolute atomic E-state index is 12.2. The van der Waals surface area contributed by atoms with E-state index in [0.717, 1.165) is 12.8 Å². The molecule has 1 aromatic rings. The largest absolute Gasteiger partial charge is 0.352 e. The van der Waals surface area contributed by atoms with E-state index in [-0.39, 0.29) is 17.6 Å². The molecule has 0 spiro atoms. The smallest absolute Gasteiger partial charge is 0.252 e. The van der Waals surface area contributed by atoms with Crippen molar-refractivity contribution in [3.63, 3.8) is 0 Å². The zero-order valence-corrected chi connectivity index (χ0v) is 14.9. The molecule has 1 atom stereocenters. The van der Waals surface area contributed by atoms with Gasteiger partial charge in [-0.25, -0.2) is 12.7 Å². The summed E-state index contributed by atoms with van der Waals surface area (Å²) in [5.74, 6) is 0.108. The fourth-order valence-corrected chi connectivity index (χ4v) is 4.65. The predicted molar refractivity (Wildman–Crippen MR) is 92.2 cm³/mol. The third-order valence-electron chi connectivity index (χ3n) is 4.01. The average Bonchev–Trinajstić information content (AvgIpc) is 2.53. The lowest BCUT2D eigenvalue weighted by Gasteiger charge is -2.32. The van der Waals surface area contributed by atoms with E-state index in [1.54, 1.807) is 28.6 Å². The monoisotopic (exact) mass is 358 g/mol. The summed E-state index contributed by atoms with van der Waals surface area (Å²) < 4.78 is 25.9. The lowest BCUT2D eigenvalue weighted by atomic mass is 9.99. The van der Waals surface area contributed by atoms with Crippen molar-refractivity contribution in [3.05, 3.63) is 34.9 Å². The van der Waals surface area contributed by atoms with Gasteiger partial charge in [0.25, 0.3) is 5.91 Å². The second-order valence-electron chi connectivity index (χ2n) is 5.87. The second kappa shape index (κ2) is 8.13. The predicted octanol–water partition coefficient (Wildman–Crippen LogP) is 2.52. The van der Waals surface area contributed by atoms with E-state index in [1.165, 1.54) is 0 Å². The highest BCUT2D eigenvalue weighted by Gasteiger charge is 2.28. The molecule has 0 aromatic heterocycles. The van der Waals surface area contributed by atoms with Crippen molar-refractivity contribution in [1.29, 1.82) is 0 Å². The first-order chi connectivity index (χ1) is 10.9. The van der Waals surface area contributed by atoms with Crippen LogP contribution in [0.4, 0.5) is 0 Å². The number of nitrogens with zero attached hydrogens (tertiary/aromatic N) is 1. The Balaban J connectivity index is 1.91. The zero-order valence-electron chi connectivity index (χ0n) is 13.3. The molecule has 1 aliphatic heterocycles. The van der Waals surface area contributed by atoms with Gasteiger partial charge in [-0.3, -0.25) is 4.79 Å². The summed E-state index contributed by atoms with van der Waals surface area (Å²) in [6.07, 6.45) is 2.36. The summed E-state index contributed by atoms with van der Waals surface area (Å²) >= 11 is 6.01. The van der Waals surface area contributed by atoms with Crippen LogP contribution in [0.15, 0.2) is 24.3 Å². The second-order valence-corrected chi connectivity index (χ2v) is 8.37. The first-order valence-corrected chi connectivity index (χ1v) is 9.93. The summed E-state index contributed by atoms with van der Waals surface area (Å²) in [5.41, 5.74) is 0.445. The van der Waals surface area contributed by atoms with E-state index < -0.39 is 10.0 Å². The lowest BCUT2D eigenvalue weighted by molar-refractivity contribution is 0.0941. The van der Waals surface area contributed by atoms with Gasteiger partial charge in [-0.2, -0.15) is 0 Å². The summed E-state index contributed by atoms with van der Waals surface area (Å²) in [5, 5.41) is 3.29. The molecule has 1 amide bonds. The Bertz CT molecular complexity index is 648. The fraction of sp³-hybridized carbons (Fsp3) is 0.562. The Morgan fingerprint density at radius 2 is 2.13 bits per heavy atom. The highest BCUT2D eigenvalue weighted by atomic mass is 35.5. The Morgan fingerprint density at radius 1 is 1.39 bits per heavy atom. The fourth-order valence-electron chi connectivity index (χ4n) is 2.81. The van der Waals surface area contributed by atoms with Crippen molar-refractivity contribution in [2.45, 2.75) is 26.2 Å². The van der Waals surface area contributed by atoms with Gasteiger partial charge in [0.15, 0.2) is 0 Å². The zero-order chi connectivity index (χ0) is 16.9. The summed E-state index contributed by atoms with van der Waals surface area (Å²) in [6, 6.07) is 6.89. The third-order valence-corrected chi connectivity index (χ3v) is 6.38. The third kappa shape index (κ3) is 4.93. The average molecular weight is 359 g/mol. The molecule has 2 rings (SSSR count). The number of halogens is 1. The van der Waals surface area contributed by atoms with Crippen LogP contribution in [0.2, 0.25) is 5.02 Å². The van der Waals surface area contributed by atoms with Crippen molar-refractivity contribution in [2.75, 3.05) is 25.4 Å². The van der Waals surface area contributed by atoms with Crippen molar-refractivity contribution in [2.24, 2.45) is 5.92 Å². The molecule has 23 heavy (non-hydrogen) atoms. The van der Waals surface area contributed by atoms with Crippen LogP contribution in [-0.2, 0) is 10.0 Å². The molecule has 1 N–H and O–H groups in total. The number of sulfonamides is 1. The standard InChI is InChI=1S/C16H23ClN2O3S/c1-2-10-23(21,22)19-9-5-6-13(12-19)11-18-16(20)14-7-3-4-8-15(14)17/h3-4,7-8,13H,2,5-6,9-12H2,1H3,(H,18,20)/t13-/m0/s1. The number of nitrogens with one attached hydrogen (secondary N) is 1. The topological polar surface area (TPSA) is 66.5 Å². The van der Waals surface area contributed by atoms with Gasteiger partial charge >= 0.3 is 0 Å². The van der Waals surface area contributed by atoms with Crippen molar-refractivity contribution in [1.82, 2.24) is 9.62 Å². The van der Waals surface area contributed by atoms with Crippen LogP contribution in [0, 0.1) is 5.92 Å². The summed E-state index contributed by atoms with van der Waals surface area (Å²) in [6.45, 7) is 3.38. The van der Waals surface area contributed by atoms with Gasteiger partial charge in [-0.15, -0.1) is 0 Å². The van der Waals surface area contributed by atoms with E-state index in [4.69, 9.17) is 11.6 Å². The lowest BCUT2D eigenvalue weighted by Crippen LogP contribution is -2.44. The van der Waals surface area contributed by atoms with Crippen LogP contribution in [0.25, 0.3) is 0 Å². The van der Waals surface area contributed by atoms with Gasteiger partial charge in [-0.1, -0.05) is 30.7 Å². The molecule has 1 fully saturated rings. The Kier molecular flexibility index (Phi) is 6.44. The van der Waals surface area contributed by atoms with Crippen molar-refractivity contribution < 1.29 is 13.2 Å². The number of carbonyl (C=O) groups is 1. The molecule has 7 heteroatoms. The maximum atomic E-state index is 12.2. The van der Waals surface area contributed by atoms with Crippen LogP contribution in [0.1, 0.15) is 36.5 Å². The van der Waals surface area contributed by atoms with Crippen LogP contribution in [-0.4, -0.2) is 44.0 Å².